The highest BCUT2D eigenvalue weighted by molar-refractivity contribution is 5.87. The fourth-order valence-corrected chi connectivity index (χ4v) is 2.80. The number of halogens is 3. The van der Waals surface area contributed by atoms with E-state index in [4.69, 9.17) is 9.47 Å². The van der Waals surface area contributed by atoms with Crippen LogP contribution in [-0.2, 0) is 22.3 Å². The molecule has 148 valence electrons. The Labute approximate surface area is 159 Å². The standard InChI is InChI=1S/C19H18F3N3O3/c1-2-17(26)25-10-15(16(11-25)28-18-23-8-3-9-24-18)27-12-13-4-6-14(7-5-13)19(20,21)22/h2-9,15-16H,1,10-12H2/t15-,16-/m1/s1. The first-order valence-corrected chi connectivity index (χ1v) is 8.49. The number of ether oxygens (including phenoxy) is 2. The van der Waals surface area contributed by atoms with E-state index in [1.54, 1.807) is 6.07 Å². The van der Waals surface area contributed by atoms with Crippen LogP contribution in [0.15, 0.2) is 55.4 Å². The lowest BCUT2D eigenvalue weighted by Gasteiger charge is -2.19. The molecular formula is C19H18F3N3O3. The van der Waals surface area contributed by atoms with E-state index < -0.39 is 23.9 Å². The molecule has 2 atom stereocenters. The third kappa shape index (κ3) is 4.86. The molecule has 0 bridgehead atoms. The molecule has 0 saturated carbocycles. The number of amides is 1. The monoisotopic (exact) mass is 393 g/mol. The quantitative estimate of drug-likeness (QED) is 0.707. The average Bonchev–Trinajstić information content (AvgIpc) is 3.09. The molecule has 0 spiro atoms. The van der Waals surface area contributed by atoms with Gasteiger partial charge in [-0.25, -0.2) is 9.97 Å². The fourth-order valence-electron chi connectivity index (χ4n) is 2.80. The second kappa shape index (κ2) is 8.39. The molecule has 0 aliphatic carbocycles. The van der Waals surface area contributed by atoms with Crippen LogP contribution in [-0.4, -0.2) is 46.1 Å². The zero-order valence-corrected chi connectivity index (χ0v) is 14.8. The number of carbonyl (C=O) groups excluding carboxylic acids is 1. The molecule has 1 aromatic heterocycles. The van der Waals surface area contributed by atoms with E-state index in [1.165, 1.54) is 35.5 Å². The predicted octanol–water partition coefficient (Wildman–Crippen LogP) is 2.86. The van der Waals surface area contributed by atoms with Crippen LogP contribution in [0.5, 0.6) is 6.01 Å². The number of rotatable bonds is 6. The van der Waals surface area contributed by atoms with Gasteiger partial charge in [-0.1, -0.05) is 18.7 Å². The second-order valence-electron chi connectivity index (χ2n) is 6.18. The lowest BCUT2D eigenvalue weighted by molar-refractivity contribution is -0.137. The minimum absolute atomic E-state index is 0.0778. The molecule has 2 aromatic rings. The van der Waals surface area contributed by atoms with E-state index in [1.807, 2.05) is 0 Å². The maximum atomic E-state index is 12.7. The van der Waals surface area contributed by atoms with Crippen LogP contribution in [0.4, 0.5) is 13.2 Å². The van der Waals surface area contributed by atoms with Crippen molar-refractivity contribution in [3.63, 3.8) is 0 Å². The highest BCUT2D eigenvalue weighted by Crippen LogP contribution is 2.29. The summed E-state index contributed by atoms with van der Waals surface area (Å²) in [6, 6.07) is 6.54. The Balaban J connectivity index is 1.66. The van der Waals surface area contributed by atoms with Gasteiger partial charge in [-0.05, 0) is 29.8 Å². The molecule has 1 aliphatic heterocycles. The summed E-state index contributed by atoms with van der Waals surface area (Å²) in [7, 11) is 0. The first kappa shape index (κ1) is 19.8. The number of aromatic nitrogens is 2. The number of likely N-dealkylation sites (tertiary alicyclic amines) is 1. The van der Waals surface area contributed by atoms with Gasteiger partial charge in [-0.3, -0.25) is 4.79 Å². The Morgan fingerprint density at radius 3 is 2.43 bits per heavy atom. The maximum Gasteiger partial charge on any atom is 0.416 e. The Bertz CT molecular complexity index is 813. The summed E-state index contributed by atoms with van der Waals surface area (Å²) in [5.41, 5.74) is -0.140. The summed E-state index contributed by atoms with van der Waals surface area (Å²) >= 11 is 0. The number of hydrogen-bond acceptors (Lipinski definition) is 5. The molecule has 6 nitrogen and oxygen atoms in total. The largest absolute Gasteiger partial charge is 0.455 e. The van der Waals surface area contributed by atoms with Crippen LogP contribution < -0.4 is 4.74 Å². The van der Waals surface area contributed by atoms with Crippen molar-refractivity contribution in [2.45, 2.75) is 25.0 Å². The van der Waals surface area contributed by atoms with E-state index in [0.717, 1.165) is 12.1 Å². The summed E-state index contributed by atoms with van der Waals surface area (Å²) in [4.78, 5) is 21.4. The van der Waals surface area contributed by atoms with Crippen molar-refractivity contribution < 1.29 is 27.4 Å². The highest BCUT2D eigenvalue weighted by Gasteiger charge is 2.37. The normalized spacial score (nSPS) is 19.5. The number of nitrogens with zero attached hydrogens (tertiary/aromatic N) is 3. The first-order valence-electron chi connectivity index (χ1n) is 8.49. The van der Waals surface area contributed by atoms with Crippen molar-refractivity contribution in [3.05, 3.63) is 66.5 Å². The Kier molecular flexibility index (Phi) is 5.93. The first-order chi connectivity index (χ1) is 13.4. The van der Waals surface area contributed by atoms with E-state index in [9.17, 15) is 18.0 Å². The Morgan fingerprint density at radius 2 is 1.82 bits per heavy atom. The van der Waals surface area contributed by atoms with Gasteiger partial charge in [0.15, 0.2) is 0 Å². The molecule has 1 fully saturated rings. The van der Waals surface area contributed by atoms with Gasteiger partial charge in [0.25, 0.3) is 0 Å². The predicted molar refractivity (Wildman–Crippen MR) is 93.2 cm³/mol. The molecule has 0 unspecified atom stereocenters. The summed E-state index contributed by atoms with van der Waals surface area (Å²) < 4.78 is 49.5. The minimum atomic E-state index is -4.38. The molecule has 0 N–H and O–H groups in total. The molecule has 28 heavy (non-hydrogen) atoms. The molecule has 2 heterocycles. The van der Waals surface area contributed by atoms with Crippen molar-refractivity contribution in [1.82, 2.24) is 14.9 Å². The van der Waals surface area contributed by atoms with Crippen LogP contribution in [0, 0.1) is 0 Å². The average molecular weight is 393 g/mol. The summed E-state index contributed by atoms with van der Waals surface area (Å²) in [6.07, 6.45) is -1.13. The lowest BCUT2D eigenvalue weighted by atomic mass is 10.1. The molecule has 1 amide bonds. The summed E-state index contributed by atoms with van der Waals surface area (Å²) in [5, 5.41) is 0. The van der Waals surface area contributed by atoms with Crippen LogP contribution in [0.3, 0.4) is 0 Å². The smallest absolute Gasteiger partial charge is 0.416 e. The minimum Gasteiger partial charge on any atom is -0.455 e. The number of carbonyl (C=O) groups is 1. The third-order valence-corrected chi connectivity index (χ3v) is 4.25. The van der Waals surface area contributed by atoms with Gasteiger partial charge in [-0.2, -0.15) is 13.2 Å². The van der Waals surface area contributed by atoms with Gasteiger partial charge in [-0.15, -0.1) is 0 Å². The van der Waals surface area contributed by atoms with Gasteiger partial charge < -0.3 is 14.4 Å². The number of hydrogen-bond donors (Lipinski definition) is 0. The third-order valence-electron chi connectivity index (χ3n) is 4.25. The van der Waals surface area contributed by atoms with Gasteiger partial charge >= 0.3 is 12.2 Å². The van der Waals surface area contributed by atoms with Crippen LogP contribution in [0.2, 0.25) is 0 Å². The van der Waals surface area contributed by atoms with Crippen LogP contribution in [0.1, 0.15) is 11.1 Å². The van der Waals surface area contributed by atoms with Crippen molar-refractivity contribution in [2.75, 3.05) is 13.1 Å². The maximum absolute atomic E-state index is 12.7. The van der Waals surface area contributed by atoms with Gasteiger partial charge in [0.1, 0.15) is 12.2 Å². The van der Waals surface area contributed by atoms with Crippen LogP contribution >= 0.6 is 0 Å². The SMILES string of the molecule is C=CC(=O)N1C[C@@H](OCc2ccc(C(F)(F)F)cc2)[C@H](Oc2ncccn2)C1. The lowest BCUT2D eigenvalue weighted by Crippen LogP contribution is -2.33. The van der Waals surface area contributed by atoms with Gasteiger partial charge in [0.05, 0.1) is 25.3 Å². The number of alkyl halides is 3. The molecule has 1 saturated heterocycles. The van der Waals surface area contributed by atoms with Gasteiger partial charge in [0, 0.05) is 12.4 Å². The molecule has 1 aromatic carbocycles. The van der Waals surface area contributed by atoms with E-state index >= 15 is 0 Å². The topological polar surface area (TPSA) is 64.6 Å². The van der Waals surface area contributed by atoms with E-state index in [0.29, 0.717) is 5.56 Å². The van der Waals surface area contributed by atoms with Crippen molar-refractivity contribution in [2.24, 2.45) is 0 Å². The summed E-state index contributed by atoms with van der Waals surface area (Å²) in [5.74, 6) is -0.261. The van der Waals surface area contributed by atoms with E-state index in [2.05, 4.69) is 16.5 Å². The van der Waals surface area contributed by atoms with Crippen LogP contribution in [0.25, 0.3) is 0 Å². The Hall–Kier alpha value is -2.94. The fraction of sp³-hybridized carbons (Fsp3) is 0.316. The van der Waals surface area contributed by atoms with Gasteiger partial charge in [0.2, 0.25) is 5.91 Å². The summed E-state index contributed by atoms with van der Waals surface area (Å²) in [6.45, 7) is 4.08. The van der Waals surface area contributed by atoms with Crippen molar-refractivity contribution in [1.29, 1.82) is 0 Å². The molecule has 0 radical (unpaired) electrons. The second-order valence-corrected chi connectivity index (χ2v) is 6.18. The number of benzene rings is 1. The molecule has 1 aliphatic rings. The van der Waals surface area contributed by atoms with Crippen molar-refractivity contribution >= 4 is 5.91 Å². The molecular weight excluding hydrogens is 375 g/mol. The van der Waals surface area contributed by atoms with Crippen molar-refractivity contribution in [3.8, 4) is 6.01 Å². The van der Waals surface area contributed by atoms with E-state index in [-0.39, 0.29) is 31.6 Å². The zero-order valence-electron chi connectivity index (χ0n) is 14.8. The molecule has 9 heteroatoms. The zero-order chi connectivity index (χ0) is 20.1. The highest BCUT2D eigenvalue weighted by atomic mass is 19.4. The molecule has 3 rings (SSSR count). The Morgan fingerprint density at radius 1 is 1.18 bits per heavy atom.